The number of halogens is 1. The van der Waals surface area contributed by atoms with E-state index in [0.717, 1.165) is 25.9 Å². The molecule has 0 N–H and O–H groups in total. The van der Waals surface area contributed by atoms with Gasteiger partial charge >= 0.3 is 0 Å². The molecule has 0 atom stereocenters. The molecule has 20 heavy (non-hydrogen) atoms. The lowest BCUT2D eigenvalue weighted by atomic mass is 10.1. The summed E-state index contributed by atoms with van der Waals surface area (Å²) < 4.78 is 1.44. The molecule has 0 saturated carbocycles. The van der Waals surface area contributed by atoms with Crippen LogP contribution in [0.15, 0.2) is 10.9 Å². The number of hydrogen-bond donors (Lipinski definition) is 0. The molecule has 1 aromatic rings. The van der Waals surface area contributed by atoms with Crippen LogP contribution in [0.1, 0.15) is 44.9 Å². The average Bonchev–Trinajstić information content (AvgIpc) is 2.42. The summed E-state index contributed by atoms with van der Waals surface area (Å²) in [5.74, 6) is 0.584. The molecule has 0 aliphatic carbocycles. The fraction of sp³-hybridized carbons (Fsp3) is 0.643. The van der Waals surface area contributed by atoms with Crippen molar-refractivity contribution in [2.45, 2.75) is 45.6 Å². The highest BCUT2D eigenvalue weighted by Crippen LogP contribution is 2.14. The van der Waals surface area contributed by atoms with E-state index in [4.69, 9.17) is 11.6 Å². The predicted octanol–water partition coefficient (Wildman–Crippen LogP) is 2.03. The van der Waals surface area contributed by atoms with Crippen molar-refractivity contribution in [2.24, 2.45) is 0 Å². The summed E-state index contributed by atoms with van der Waals surface area (Å²) in [6.07, 6.45) is 3.25. The number of carbonyl (C=O) groups is 1. The van der Waals surface area contributed by atoms with Gasteiger partial charge < -0.3 is 4.90 Å². The lowest BCUT2D eigenvalue weighted by molar-refractivity contribution is -0.132. The standard InChI is InChI=1S/C14H20ClN3O2/c1-10(2)14-16-11(15)8-12(19)18(14)9-13(20)17-6-4-3-5-7-17/h8,10H,3-7,9H2,1-2H3. The van der Waals surface area contributed by atoms with Crippen molar-refractivity contribution in [3.63, 3.8) is 0 Å². The highest BCUT2D eigenvalue weighted by molar-refractivity contribution is 6.29. The van der Waals surface area contributed by atoms with Crippen LogP contribution in [0.5, 0.6) is 0 Å². The monoisotopic (exact) mass is 297 g/mol. The molecule has 0 radical (unpaired) electrons. The highest BCUT2D eigenvalue weighted by atomic mass is 35.5. The predicted molar refractivity (Wildman–Crippen MR) is 78.0 cm³/mol. The van der Waals surface area contributed by atoms with E-state index in [1.165, 1.54) is 17.1 Å². The largest absolute Gasteiger partial charge is 0.341 e. The summed E-state index contributed by atoms with van der Waals surface area (Å²) in [5, 5.41) is 0.181. The number of rotatable bonds is 3. The zero-order chi connectivity index (χ0) is 14.7. The molecule has 1 fully saturated rings. The molecule has 6 heteroatoms. The fourth-order valence-electron chi connectivity index (χ4n) is 2.47. The van der Waals surface area contributed by atoms with Crippen molar-refractivity contribution < 1.29 is 4.79 Å². The van der Waals surface area contributed by atoms with Gasteiger partial charge in [0.25, 0.3) is 5.56 Å². The lowest BCUT2D eigenvalue weighted by Crippen LogP contribution is -2.40. The summed E-state index contributed by atoms with van der Waals surface area (Å²) in [5.41, 5.74) is -0.265. The molecule has 2 rings (SSSR count). The van der Waals surface area contributed by atoms with Crippen LogP contribution in [0, 0.1) is 0 Å². The van der Waals surface area contributed by atoms with E-state index in [0.29, 0.717) is 5.82 Å². The first-order valence-corrected chi connectivity index (χ1v) is 7.42. The Hall–Kier alpha value is -1.36. The highest BCUT2D eigenvalue weighted by Gasteiger charge is 2.20. The third kappa shape index (κ3) is 3.39. The van der Waals surface area contributed by atoms with Gasteiger partial charge in [-0.2, -0.15) is 0 Å². The van der Waals surface area contributed by atoms with E-state index >= 15 is 0 Å². The Morgan fingerprint density at radius 3 is 2.60 bits per heavy atom. The minimum atomic E-state index is -0.265. The van der Waals surface area contributed by atoms with E-state index in [2.05, 4.69) is 4.98 Å². The zero-order valence-electron chi connectivity index (χ0n) is 11.9. The first-order valence-electron chi connectivity index (χ1n) is 7.04. The van der Waals surface area contributed by atoms with Crippen LogP contribution in [-0.2, 0) is 11.3 Å². The maximum Gasteiger partial charge on any atom is 0.255 e. The minimum Gasteiger partial charge on any atom is -0.341 e. The number of nitrogens with zero attached hydrogens (tertiary/aromatic N) is 3. The maximum absolute atomic E-state index is 12.3. The molecule has 0 unspecified atom stereocenters. The van der Waals surface area contributed by atoms with E-state index < -0.39 is 0 Å². The summed E-state index contributed by atoms with van der Waals surface area (Å²) >= 11 is 5.83. The van der Waals surface area contributed by atoms with Crippen LogP contribution in [0.4, 0.5) is 0 Å². The molecule has 1 aliphatic rings. The van der Waals surface area contributed by atoms with Crippen LogP contribution in [0.2, 0.25) is 5.15 Å². The number of carbonyl (C=O) groups excluding carboxylic acids is 1. The van der Waals surface area contributed by atoms with Gasteiger partial charge in [0.2, 0.25) is 5.91 Å². The van der Waals surface area contributed by atoms with Crippen molar-refractivity contribution in [3.8, 4) is 0 Å². The number of amides is 1. The van der Waals surface area contributed by atoms with Crippen molar-refractivity contribution >= 4 is 17.5 Å². The van der Waals surface area contributed by atoms with Crippen molar-refractivity contribution in [3.05, 3.63) is 27.4 Å². The first kappa shape index (κ1) is 15.0. The van der Waals surface area contributed by atoms with Crippen LogP contribution >= 0.6 is 11.6 Å². The third-order valence-electron chi connectivity index (χ3n) is 3.53. The van der Waals surface area contributed by atoms with Crippen molar-refractivity contribution in [2.75, 3.05) is 13.1 Å². The Morgan fingerprint density at radius 1 is 1.35 bits per heavy atom. The second kappa shape index (κ2) is 6.39. The molecule has 1 aliphatic heterocycles. The van der Waals surface area contributed by atoms with Crippen molar-refractivity contribution in [1.82, 2.24) is 14.5 Å². The Morgan fingerprint density at radius 2 is 2.00 bits per heavy atom. The Kier molecular flexibility index (Phi) is 4.81. The third-order valence-corrected chi connectivity index (χ3v) is 3.72. The molecule has 1 saturated heterocycles. The SMILES string of the molecule is CC(C)c1nc(Cl)cc(=O)n1CC(=O)N1CCCCC1. The van der Waals surface area contributed by atoms with Gasteiger partial charge in [-0.25, -0.2) is 4.98 Å². The summed E-state index contributed by atoms with van der Waals surface area (Å²) in [6.45, 7) is 5.48. The van der Waals surface area contributed by atoms with Crippen LogP contribution in [0.25, 0.3) is 0 Å². The Balaban J connectivity index is 2.24. The number of hydrogen-bond acceptors (Lipinski definition) is 3. The summed E-state index contributed by atoms with van der Waals surface area (Å²) in [4.78, 5) is 30.4. The molecule has 0 aromatic carbocycles. The van der Waals surface area contributed by atoms with Gasteiger partial charge in [-0.05, 0) is 19.3 Å². The van der Waals surface area contributed by atoms with Crippen molar-refractivity contribution in [1.29, 1.82) is 0 Å². The number of piperidine rings is 1. The summed E-state index contributed by atoms with van der Waals surface area (Å²) in [7, 11) is 0. The molecule has 0 bridgehead atoms. The molecule has 110 valence electrons. The molecule has 1 amide bonds. The van der Waals surface area contributed by atoms with E-state index in [1.807, 2.05) is 18.7 Å². The van der Waals surface area contributed by atoms with Gasteiger partial charge in [0.15, 0.2) is 0 Å². The average molecular weight is 298 g/mol. The van der Waals surface area contributed by atoms with Gasteiger partial charge in [-0.15, -0.1) is 0 Å². The van der Waals surface area contributed by atoms with Gasteiger partial charge in [-0.1, -0.05) is 25.4 Å². The van der Waals surface area contributed by atoms with Crippen LogP contribution in [-0.4, -0.2) is 33.4 Å². The van der Waals surface area contributed by atoms with E-state index in [1.54, 1.807) is 0 Å². The van der Waals surface area contributed by atoms with Gasteiger partial charge in [-0.3, -0.25) is 14.2 Å². The molecule has 0 spiro atoms. The number of aromatic nitrogens is 2. The fourth-order valence-corrected chi connectivity index (χ4v) is 2.65. The normalized spacial score (nSPS) is 15.7. The van der Waals surface area contributed by atoms with Gasteiger partial charge in [0, 0.05) is 25.1 Å². The van der Waals surface area contributed by atoms with Gasteiger partial charge in [0.05, 0.1) is 0 Å². The molecule has 5 nitrogen and oxygen atoms in total. The van der Waals surface area contributed by atoms with E-state index in [-0.39, 0.29) is 29.1 Å². The first-order chi connectivity index (χ1) is 9.49. The molecule has 1 aromatic heterocycles. The lowest BCUT2D eigenvalue weighted by Gasteiger charge is -2.27. The maximum atomic E-state index is 12.3. The van der Waals surface area contributed by atoms with Gasteiger partial charge in [0.1, 0.15) is 17.5 Å². The zero-order valence-corrected chi connectivity index (χ0v) is 12.7. The topological polar surface area (TPSA) is 55.2 Å². The second-order valence-corrected chi connectivity index (χ2v) is 5.84. The quantitative estimate of drug-likeness (QED) is 0.802. The minimum absolute atomic E-state index is 0.0159. The van der Waals surface area contributed by atoms with E-state index in [9.17, 15) is 9.59 Å². The molecule has 2 heterocycles. The van der Waals surface area contributed by atoms with Crippen LogP contribution < -0.4 is 5.56 Å². The molecular formula is C14H20ClN3O2. The second-order valence-electron chi connectivity index (χ2n) is 5.46. The Labute approximate surface area is 123 Å². The summed E-state index contributed by atoms with van der Waals surface area (Å²) in [6, 6.07) is 1.26. The number of likely N-dealkylation sites (tertiary alicyclic amines) is 1. The smallest absolute Gasteiger partial charge is 0.255 e. The Bertz CT molecular complexity index is 548. The molecular weight excluding hydrogens is 278 g/mol. The van der Waals surface area contributed by atoms with Crippen LogP contribution in [0.3, 0.4) is 0 Å².